The molecular weight excluding hydrogens is 399 g/mol. The SMILES string of the molecule is CCCC(=O)Nc1c(C)ccn1-c1ccc(Cl)c(COS(C)(=O)=O)c1Cl. The van der Waals surface area contributed by atoms with Crippen LogP contribution in [-0.4, -0.2) is 25.1 Å². The van der Waals surface area contributed by atoms with Crippen LogP contribution in [0.15, 0.2) is 24.4 Å². The number of rotatable bonds is 7. The predicted molar refractivity (Wildman–Crippen MR) is 104 cm³/mol. The molecule has 0 fully saturated rings. The average Bonchev–Trinajstić information content (AvgIpc) is 2.87. The van der Waals surface area contributed by atoms with Crippen molar-refractivity contribution < 1.29 is 17.4 Å². The van der Waals surface area contributed by atoms with Gasteiger partial charge in [0.2, 0.25) is 5.91 Å². The van der Waals surface area contributed by atoms with Gasteiger partial charge in [0.05, 0.1) is 23.6 Å². The van der Waals surface area contributed by atoms with Crippen molar-refractivity contribution in [2.24, 2.45) is 0 Å². The first-order chi connectivity index (χ1) is 12.1. The van der Waals surface area contributed by atoms with Crippen LogP contribution in [0.3, 0.4) is 0 Å². The molecule has 0 radical (unpaired) electrons. The van der Waals surface area contributed by atoms with Crippen molar-refractivity contribution in [3.8, 4) is 5.69 Å². The van der Waals surface area contributed by atoms with Gasteiger partial charge in [-0.05, 0) is 37.1 Å². The summed E-state index contributed by atoms with van der Waals surface area (Å²) in [4.78, 5) is 12.0. The maximum absolute atomic E-state index is 12.0. The van der Waals surface area contributed by atoms with Crippen LogP contribution in [0.2, 0.25) is 10.0 Å². The van der Waals surface area contributed by atoms with E-state index in [1.54, 1.807) is 22.9 Å². The molecule has 142 valence electrons. The molecule has 2 rings (SSSR count). The number of halogens is 2. The largest absolute Gasteiger partial charge is 0.312 e. The molecule has 1 aromatic carbocycles. The number of hydrogen-bond donors (Lipinski definition) is 1. The van der Waals surface area contributed by atoms with Crippen LogP contribution in [0.4, 0.5) is 5.82 Å². The first-order valence-electron chi connectivity index (χ1n) is 7.93. The molecule has 0 unspecified atom stereocenters. The lowest BCUT2D eigenvalue weighted by atomic mass is 10.2. The summed E-state index contributed by atoms with van der Waals surface area (Å²) in [5.41, 5.74) is 1.78. The minimum Gasteiger partial charge on any atom is -0.312 e. The third-order valence-corrected chi connectivity index (χ3v) is 4.99. The fourth-order valence-corrected chi connectivity index (χ4v) is 3.28. The monoisotopic (exact) mass is 418 g/mol. The van der Waals surface area contributed by atoms with Crippen molar-refractivity contribution in [3.05, 3.63) is 45.6 Å². The molecule has 1 aromatic heterocycles. The number of aryl methyl sites for hydroxylation is 1. The van der Waals surface area contributed by atoms with E-state index in [0.717, 1.165) is 18.2 Å². The summed E-state index contributed by atoms with van der Waals surface area (Å²) in [6, 6.07) is 5.15. The number of carbonyl (C=O) groups is 1. The summed E-state index contributed by atoms with van der Waals surface area (Å²) in [7, 11) is -3.64. The first kappa shape index (κ1) is 20.8. The standard InChI is InChI=1S/C17H20Cl2N2O4S/c1-4-5-15(22)20-17-11(2)8-9-21(17)14-7-6-13(18)12(16(14)19)10-25-26(3,23)24/h6-9H,4-5,10H2,1-3H3,(H,20,22). The lowest BCUT2D eigenvalue weighted by Gasteiger charge is -2.16. The Labute approximate surface area is 163 Å². The highest BCUT2D eigenvalue weighted by molar-refractivity contribution is 7.85. The lowest BCUT2D eigenvalue weighted by molar-refractivity contribution is -0.116. The van der Waals surface area contributed by atoms with E-state index in [1.807, 2.05) is 19.9 Å². The lowest BCUT2D eigenvalue weighted by Crippen LogP contribution is -2.15. The van der Waals surface area contributed by atoms with Crippen molar-refractivity contribution in [1.29, 1.82) is 0 Å². The van der Waals surface area contributed by atoms with Gasteiger partial charge in [0, 0.05) is 23.2 Å². The van der Waals surface area contributed by atoms with Crippen molar-refractivity contribution in [3.63, 3.8) is 0 Å². The molecule has 1 N–H and O–H groups in total. The molecule has 9 heteroatoms. The Morgan fingerprint density at radius 2 is 1.96 bits per heavy atom. The Morgan fingerprint density at radius 1 is 1.27 bits per heavy atom. The van der Waals surface area contributed by atoms with Crippen LogP contribution < -0.4 is 5.32 Å². The predicted octanol–water partition coefficient (Wildman–Crippen LogP) is 4.31. The normalized spacial score (nSPS) is 11.6. The Bertz CT molecular complexity index is 923. The molecule has 6 nitrogen and oxygen atoms in total. The number of benzene rings is 1. The van der Waals surface area contributed by atoms with Gasteiger partial charge in [-0.1, -0.05) is 30.1 Å². The quantitative estimate of drug-likeness (QED) is 0.679. The van der Waals surface area contributed by atoms with Crippen molar-refractivity contribution >= 4 is 45.0 Å². The number of aromatic nitrogens is 1. The number of carbonyl (C=O) groups excluding carboxylic acids is 1. The molecule has 0 aliphatic carbocycles. The van der Waals surface area contributed by atoms with E-state index in [4.69, 9.17) is 27.4 Å². The van der Waals surface area contributed by atoms with Crippen molar-refractivity contribution in [2.75, 3.05) is 11.6 Å². The molecule has 0 saturated heterocycles. The van der Waals surface area contributed by atoms with Crippen LogP contribution in [0.25, 0.3) is 5.69 Å². The minimum absolute atomic E-state index is 0.0960. The Kier molecular flexibility index (Phi) is 6.74. The number of amides is 1. The molecule has 26 heavy (non-hydrogen) atoms. The van der Waals surface area contributed by atoms with Crippen molar-refractivity contribution in [2.45, 2.75) is 33.3 Å². The molecule has 0 saturated carbocycles. The van der Waals surface area contributed by atoms with Crippen molar-refractivity contribution in [1.82, 2.24) is 4.57 Å². The molecule has 0 spiro atoms. The Hall–Kier alpha value is -1.54. The van der Waals surface area contributed by atoms with Gasteiger partial charge >= 0.3 is 0 Å². The molecular formula is C17H20Cl2N2O4S. The summed E-state index contributed by atoms with van der Waals surface area (Å²) in [5, 5.41) is 3.43. The van der Waals surface area contributed by atoms with Crippen LogP contribution in [-0.2, 0) is 25.7 Å². The highest BCUT2D eigenvalue weighted by Crippen LogP contribution is 2.34. The molecule has 2 aromatic rings. The zero-order chi connectivity index (χ0) is 19.5. The Morgan fingerprint density at radius 3 is 2.58 bits per heavy atom. The zero-order valence-corrected chi connectivity index (χ0v) is 17.0. The van der Waals surface area contributed by atoms with E-state index < -0.39 is 10.1 Å². The molecule has 0 aliphatic heterocycles. The van der Waals surface area contributed by atoms with Gasteiger partial charge in [0.15, 0.2) is 0 Å². The second-order valence-corrected chi connectivity index (χ2v) is 8.27. The second-order valence-electron chi connectivity index (χ2n) is 5.84. The highest BCUT2D eigenvalue weighted by atomic mass is 35.5. The van der Waals surface area contributed by atoms with Gasteiger partial charge in [0.25, 0.3) is 10.1 Å². The summed E-state index contributed by atoms with van der Waals surface area (Å²) in [5.74, 6) is 0.504. The third-order valence-electron chi connectivity index (χ3n) is 3.67. The van der Waals surface area contributed by atoms with Gasteiger partial charge in [-0.3, -0.25) is 8.98 Å². The zero-order valence-electron chi connectivity index (χ0n) is 14.7. The number of hydrogen-bond acceptors (Lipinski definition) is 4. The Balaban J connectivity index is 2.45. The van der Waals surface area contributed by atoms with E-state index in [0.29, 0.717) is 28.5 Å². The average molecular weight is 419 g/mol. The van der Waals surface area contributed by atoms with Gasteiger partial charge in [-0.25, -0.2) is 0 Å². The number of nitrogens with zero attached hydrogens (tertiary/aromatic N) is 1. The summed E-state index contributed by atoms with van der Waals surface area (Å²) < 4.78 is 29.1. The number of anilines is 1. The molecule has 1 heterocycles. The van der Waals surface area contributed by atoms with Gasteiger partial charge in [0.1, 0.15) is 5.82 Å². The maximum atomic E-state index is 12.0. The van der Waals surface area contributed by atoms with Crippen LogP contribution in [0.1, 0.15) is 30.9 Å². The molecule has 0 atom stereocenters. The minimum atomic E-state index is -3.64. The topological polar surface area (TPSA) is 77.4 Å². The smallest absolute Gasteiger partial charge is 0.264 e. The first-order valence-corrected chi connectivity index (χ1v) is 10.5. The fourth-order valence-electron chi connectivity index (χ4n) is 2.38. The number of nitrogens with one attached hydrogen (secondary N) is 1. The maximum Gasteiger partial charge on any atom is 0.264 e. The summed E-state index contributed by atoms with van der Waals surface area (Å²) in [6.07, 6.45) is 3.87. The van der Waals surface area contributed by atoms with Crippen LogP contribution >= 0.6 is 23.2 Å². The van der Waals surface area contributed by atoms with Gasteiger partial charge in [-0.2, -0.15) is 8.42 Å². The molecule has 1 amide bonds. The highest BCUT2D eigenvalue weighted by Gasteiger charge is 2.18. The van der Waals surface area contributed by atoms with E-state index >= 15 is 0 Å². The van der Waals surface area contributed by atoms with Gasteiger partial charge < -0.3 is 9.88 Å². The van der Waals surface area contributed by atoms with Crippen LogP contribution in [0.5, 0.6) is 0 Å². The fraction of sp³-hybridized carbons (Fsp3) is 0.353. The van der Waals surface area contributed by atoms with E-state index in [-0.39, 0.29) is 17.5 Å². The summed E-state index contributed by atoms with van der Waals surface area (Å²) in [6.45, 7) is 3.52. The summed E-state index contributed by atoms with van der Waals surface area (Å²) >= 11 is 12.6. The van der Waals surface area contributed by atoms with E-state index in [9.17, 15) is 13.2 Å². The molecule has 0 aliphatic rings. The molecule has 0 bridgehead atoms. The van der Waals surface area contributed by atoms with Gasteiger partial charge in [-0.15, -0.1) is 0 Å². The van der Waals surface area contributed by atoms with E-state index in [2.05, 4.69) is 5.32 Å². The van der Waals surface area contributed by atoms with Crippen LogP contribution in [0, 0.1) is 6.92 Å². The van der Waals surface area contributed by atoms with E-state index in [1.165, 1.54) is 0 Å². The third kappa shape index (κ3) is 5.01. The second kappa shape index (κ2) is 8.43.